The van der Waals surface area contributed by atoms with Gasteiger partial charge in [-0.05, 0) is 50.5 Å². The molecule has 33 heavy (non-hydrogen) atoms. The van der Waals surface area contributed by atoms with Gasteiger partial charge in [-0.25, -0.2) is 12.8 Å². The number of hydrogen-bond acceptors (Lipinski definition) is 5. The molecule has 1 fully saturated rings. The molecule has 0 saturated carbocycles. The summed E-state index contributed by atoms with van der Waals surface area (Å²) < 4.78 is 41.0. The van der Waals surface area contributed by atoms with Crippen molar-refractivity contribution in [1.82, 2.24) is 9.62 Å². The lowest BCUT2D eigenvalue weighted by Gasteiger charge is -2.30. The van der Waals surface area contributed by atoms with E-state index in [2.05, 4.69) is 5.32 Å². The van der Waals surface area contributed by atoms with E-state index in [-0.39, 0.29) is 41.4 Å². The molecule has 0 bridgehead atoms. The van der Waals surface area contributed by atoms with Gasteiger partial charge in [-0.3, -0.25) is 9.59 Å². The van der Waals surface area contributed by atoms with Crippen molar-refractivity contribution < 1.29 is 22.4 Å². The maximum atomic E-state index is 13.8. The van der Waals surface area contributed by atoms with Crippen LogP contribution in [0.2, 0.25) is 0 Å². The highest BCUT2D eigenvalue weighted by Gasteiger charge is 2.32. The quantitative estimate of drug-likeness (QED) is 0.445. The number of anilines is 1. The Bertz CT molecular complexity index is 1080. The number of amides is 1. The van der Waals surface area contributed by atoms with Gasteiger partial charge in [-0.15, -0.1) is 0 Å². The molecule has 1 aliphatic rings. The Hall–Kier alpha value is -2.78. The smallest absolute Gasteiger partial charge is 0.243 e. The molecule has 0 aliphatic carbocycles. The summed E-state index contributed by atoms with van der Waals surface area (Å²) in [5.74, 6) is -0.711. The van der Waals surface area contributed by atoms with Gasteiger partial charge in [0.2, 0.25) is 15.9 Å². The fourth-order valence-corrected chi connectivity index (χ4v) is 5.39. The highest BCUT2D eigenvalue weighted by Crippen LogP contribution is 2.24. The molecule has 1 heterocycles. The standard InChI is InChI=1S/C24H30FN3O4S/c1-18(29)19-8-10-21(11-9-19)33(31,32)28-16-12-20(13-17-28)24(30)26-14-5-15-27(2)23-7-4-3-6-22(23)25/h3-4,6-11,20H,5,12-17H2,1-2H3,(H,26,30). The molecule has 1 amide bonds. The van der Waals surface area contributed by atoms with Gasteiger partial charge < -0.3 is 10.2 Å². The monoisotopic (exact) mass is 475 g/mol. The highest BCUT2D eigenvalue weighted by molar-refractivity contribution is 7.89. The van der Waals surface area contributed by atoms with Gasteiger partial charge in [0.25, 0.3) is 0 Å². The molecule has 2 aromatic carbocycles. The van der Waals surface area contributed by atoms with E-state index in [0.29, 0.717) is 43.6 Å². The Labute approximate surface area is 194 Å². The Balaban J connectivity index is 1.44. The van der Waals surface area contributed by atoms with Gasteiger partial charge in [0, 0.05) is 44.7 Å². The molecule has 3 rings (SSSR count). The molecule has 0 aromatic heterocycles. The number of Topliss-reactive ketones (excluding diaryl/α,β-unsaturated/α-hetero) is 1. The second kappa shape index (κ2) is 10.9. The van der Waals surface area contributed by atoms with E-state index in [4.69, 9.17) is 0 Å². The number of sulfonamides is 1. The Morgan fingerprint density at radius 1 is 1.09 bits per heavy atom. The first kappa shape index (κ1) is 24.9. The predicted octanol–water partition coefficient (Wildman–Crippen LogP) is 3.07. The fourth-order valence-electron chi connectivity index (χ4n) is 3.92. The first-order valence-electron chi connectivity index (χ1n) is 11.0. The molecule has 1 aliphatic heterocycles. The first-order chi connectivity index (χ1) is 15.7. The van der Waals surface area contributed by atoms with Gasteiger partial charge in [-0.2, -0.15) is 4.31 Å². The number of carbonyl (C=O) groups is 2. The molecule has 9 heteroatoms. The Kier molecular flexibility index (Phi) is 8.20. The van der Waals surface area contributed by atoms with Crippen LogP contribution in [-0.4, -0.2) is 57.6 Å². The Morgan fingerprint density at radius 2 is 1.73 bits per heavy atom. The third-order valence-corrected chi connectivity index (χ3v) is 7.87. The number of nitrogens with one attached hydrogen (secondary N) is 1. The summed E-state index contributed by atoms with van der Waals surface area (Å²) in [7, 11) is -1.85. The average molecular weight is 476 g/mol. The van der Waals surface area contributed by atoms with E-state index in [1.165, 1.54) is 41.6 Å². The summed E-state index contributed by atoms with van der Waals surface area (Å²) in [6.45, 7) is 3.04. The summed E-state index contributed by atoms with van der Waals surface area (Å²) in [4.78, 5) is 25.9. The minimum absolute atomic E-state index is 0.0774. The van der Waals surface area contributed by atoms with Crippen LogP contribution in [0.4, 0.5) is 10.1 Å². The fraction of sp³-hybridized carbons (Fsp3) is 0.417. The molecular formula is C24H30FN3O4S. The lowest BCUT2D eigenvalue weighted by molar-refractivity contribution is -0.126. The van der Waals surface area contributed by atoms with E-state index in [1.54, 1.807) is 18.2 Å². The van der Waals surface area contributed by atoms with Crippen LogP contribution < -0.4 is 10.2 Å². The van der Waals surface area contributed by atoms with E-state index in [9.17, 15) is 22.4 Å². The van der Waals surface area contributed by atoms with Gasteiger partial charge in [0.1, 0.15) is 5.82 Å². The third-order valence-electron chi connectivity index (χ3n) is 5.96. The topological polar surface area (TPSA) is 86.8 Å². The van der Waals surface area contributed by atoms with Crippen LogP contribution in [0.3, 0.4) is 0 Å². The third kappa shape index (κ3) is 6.17. The second-order valence-electron chi connectivity index (χ2n) is 8.28. The molecule has 0 atom stereocenters. The number of hydrogen-bond donors (Lipinski definition) is 1. The number of halogens is 1. The largest absolute Gasteiger partial charge is 0.372 e. The molecule has 7 nitrogen and oxygen atoms in total. The van der Waals surface area contributed by atoms with E-state index in [1.807, 2.05) is 11.9 Å². The van der Waals surface area contributed by atoms with E-state index >= 15 is 0 Å². The molecular weight excluding hydrogens is 445 g/mol. The molecule has 178 valence electrons. The summed E-state index contributed by atoms with van der Waals surface area (Å²) in [5, 5.41) is 2.92. The van der Waals surface area contributed by atoms with Crippen LogP contribution in [0.15, 0.2) is 53.4 Å². The zero-order chi connectivity index (χ0) is 24.0. The van der Waals surface area contributed by atoms with Gasteiger partial charge in [-0.1, -0.05) is 24.3 Å². The molecule has 0 radical (unpaired) electrons. The van der Waals surface area contributed by atoms with E-state index < -0.39 is 10.0 Å². The zero-order valence-electron chi connectivity index (χ0n) is 19.0. The van der Waals surface area contributed by atoms with Crippen LogP contribution in [0.25, 0.3) is 0 Å². The summed E-state index contributed by atoms with van der Waals surface area (Å²) in [6, 6.07) is 12.5. The minimum atomic E-state index is -3.66. The summed E-state index contributed by atoms with van der Waals surface area (Å²) in [5.41, 5.74) is 0.984. The maximum absolute atomic E-state index is 13.8. The number of carbonyl (C=O) groups excluding carboxylic acids is 2. The molecule has 1 saturated heterocycles. The van der Waals surface area contributed by atoms with Crippen molar-refractivity contribution >= 4 is 27.4 Å². The second-order valence-corrected chi connectivity index (χ2v) is 10.2. The maximum Gasteiger partial charge on any atom is 0.243 e. The van der Waals surface area contributed by atoms with Crippen LogP contribution in [-0.2, 0) is 14.8 Å². The highest BCUT2D eigenvalue weighted by atomic mass is 32.2. The van der Waals surface area contributed by atoms with Crippen molar-refractivity contribution in [3.63, 3.8) is 0 Å². The predicted molar refractivity (Wildman–Crippen MR) is 125 cm³/mol. The number of rotatable bonds is 9. The minimum Gasteiger partial charge on any atom is -0.372 e. The van der Waals surface area contributed by atoms with Crippen molar-refractivity contribution in [2.75, 3.05) is 38.1 Å². The summed E-state index contributed by atoms with van der Waals surface area (Å²) in [6.07, 6.45) is 1.57. The van der Waals surface area contributed by atoms with Crippen molar-refractivity contribution in [2.45, 2.75) is 31.1 Å². The molecule has 2 aromatic rings. The van der Waals surface area contributed by atoms with Crippen LogP contribution in [0.5, 0.6) is 0 Å². The Morgan fingerprint density at radius 3 is 2.33 bits per heavy atom. The average Bonchev–Trinajstić information content (AvgIpc) is 2.82. The van der Waals surface area contributed by atoms with Crippen molar-refractivity contribution in [2.24, 2.45) is 5.92 Å². The first-order valence-corrected chi connectivity index (χ1v) is 12.5. The van der Waals surface area contributed by atoms with Crippen molar-refractivity contribution in [1.29, 1.82) is 0 Å². The molecule has 0 spiro atoms. The lowest BCUT2D eigenvalue weighted by atomic mass is 9.97. The van der Waals surface area contributed by atoms with Crippen LogP contribution >= 0.6 is 0 Å². The van der Waals surface area contributed by atoms with Gasteiger partial charge in [0.05, 0.1) is 10.6 Å². The molecule has 0 unspecified atom stereocenters. The van der Waals surface area contributed by atoms with Crippen molar-refractivity contribution in [3.05, 3.63) is 59.9 Å². The van der Waals surface area contributed by atoms with Crippen molar-refractivity contribution in [3.8, 4) is 0 Å². The van der Waals surface area contributed by atoms with Crippen LogP contribution in [0.1, 0.15) is 36.5 Å². The summed E-state index contributed by atoms with van der Waals surface area (Å²) >= 11 is 0. The van der Waals surface area contributed by atoms with Gasteiger partial charge in [0.15, 0.2) is 5.78 Å². The molecule has 1 N–H and O–H groups in total. The number of nitrogens with zero attached hydrogens (tertiary/aromatic N) is 2. The number of piperidine rings is 1. The number of benzene rings is 2. The van der Waals surface area contributed by atoms with Crippen LogP contribution in [0, 0.1) is 11.7 Å². The van der Waals surface area contributed by atoms with E-state index in [0.717, 1.165) is 0 Å². The number of ketones is 1. The lowest BCUT2D eigenvalue weighted by Crippen LogP contribution is -2.43. The SMILES string of the molecule is CC(=O)c1ccc(S(=O)(=O)N2CCC(C(=O)NCCCN(C)c3ccccc3F)CC2)cc1. The zero-order valence-corrected chi connectivity index (χ0v) is 19.8. The van der Waals surface area contributed by atoms with Gasteiger partial charge >= 0.3 is 0 Å². The number of para-hydroxylation sites is 1. The normalized spacial score (nSPS) is 15.2.